The Labute approximate surface area is 166 Å². The van der Waals surface area contributed by atoms with E-state index < -0.39 is 0 Å². The van der Waals surface area contributed by atoms with Gasteiger partial charge in [-0.25, -0.2) is 4.99 Å². The fourth-order valence-electron chi connectivity index (χ4n) is 2.39. The fraction of sp³-hybridized carbons (Fsp3) is 0.471. The maximum absolute atomic E-state index is 9.65. The number of aromatic nitrogens is 3. The van der Waals surface area contributed by atoms with E-state index >= 15 is 0 Å². The number of halogens is 1. The Morgan fingerprint density at radius 1 is 1.24 bits per heavy atom. The van der Waals surface area contributed by atoms with E-state index in [9.17, 15) is 5.11 Å². The Hall–Kier alpha value is -1.68. The van der Waals surface area contributed by atoms with Gasteiger partial charge in [0.25, 0.3) is 0 Å². The molecule has 0 bridgehead atoms. The van der Waals surface area contributed by atoms with Crippen LogP contribution < -0.4 is 10.6 Å². The van der Waals surface area contributed by atoms with Crippen molar-refractivity contribution >= 4 is 29.9 Å². The van der Waals surface area contributed by atoms with Crippen LogP contribution in [0.25, 0.3) is 0 Å². The largest absolute Gasteiger partial charge is 0.396 e. The van der Waals surface area contributed by atoms with Crippen LogP contribution in [0.1, 0.15) is 31.2 Å². The highest BCUT2D eigenvalue weighted by Crippen LogP contribution is 2.13. The Bertz CT molecular complexity index is 631. The number of aliphatic hydroxyl groups excluding tert-OH is 1. The summed E-state index contributed by atoms with van der Waals surface area (Å²) in [6.07, 6.45) is 1.71. The van der Waals surface area contributed by atoms with Crippen molar-refractivity contribution in [2.45, 2.75) is 32.9 Å². The third kappa shape index (κ3) is 6.62. The molecule has 8 heteroatoms. The van der Waals surface area contributed by atoms with Gasteiger partial charge in [-0.15, -0.1) is 34.2 Å². The molecule has 2 rings (SSSR count). The number of aliphatic hydroxyl groups is 1. The highest BCUT2D eigenvalue weighted by atomic mass is 127. The van der Waals surface area contributed by atoms with Gasteiger partial charge in [0.15, 0.2) is 11.8 Å². The molecule has 138 valence electrons. The van der Waals surface area contributed by atoms with Crippen molar-refractivity contribution < 1.29 is 5.11 Å². The molecule has 0 amide bonds. The Morgan fingerprint density at radius 2 is 2.00 bits per heavy atom. The molecule has 1 atom stereocenters. The highest BCUT2D eigenvalue weighted by molar-refractivity contribution is 14.0. The van der Waals surface area contributed by atoms with E-state index in [1.54, 1.807) is 6.33 Å². The van der Waals surface area contributed by atoms with E-state index in [4.69, 9.17) is 0 Å². The van der Waals surface area contributed by atoms with Gasteiger partial charge in [0, 0.05) is 25.6 Å². The molecular formula is C17H27IN6O. The summed E-state index contributed by atoms with van der Waals surface area (Å²) in [4.78, 5) is 4.55. The second-order valence-corrected chi connectivity index (χ2v) is 5.40. The van der Waals surface area contributed by atoms with Crippen LogP contribution in [-0.4, -0.2) is 45.5 Å². The number of aryl methyl sites for hydroxylation is 1. The van der Waals surface area contributed by atoms with Gasteiger partial charge >= 0.3 is 0 Å². The zero-order chi connectivity index (χ0) is 17.2. The summed E-state index contributed by atoms with van der Waals surface area (Å²) in [5, 5.41) is 24.2. The second-order valence-electron chi connectivity index (χ2n) is 5.40. The standard InChI is InChI=1S/C17H26N6O.HI/c1-3-18-17(20-11-16-22-21-13-23(16)4-2)19-10-15(12-24)14-8-6-5-7-9-14;/h5-9,13,15,24H,3-4,10-12H2,1-2H3,(H2,18,19,20);1H. The van der Waals surface area contributed by atoms with Crippen molar-refractivity contribution in [1.29, 1.82) is 0 Å². The van der Waals surface area contributed by atoms with Crippen molar-refractivity contribution in [3.05, 3.63) is 48.0 Å². The van der Waals surface area contributed by atoms with Crippen LogP contribution in [0.2, 0.25) is 0 Å². The number of hydrogen-bond acceptors (Lipinski definition) is 4. The van der Waals surface area contributed by atoms with Crippen LogP contribution in [0.3, 0.4) is 0 Å². The van der Waals surface area contributed by atoms with Gasteiger partial charge in [0.2, 0.25) is 0 Å². The van der Waals surface area contributed by atoms with Crippen molar-refractivity contribution in [3.63, 3.8) is 0 Å². The van der Waals surface area contributed by atoms with Gasteiger partial charge < -0.3 is 20.3 Å². The quantitative estimate of drug-likeness (QED) is 0.319. The summed E-state index contributed by atoms with van der Waals surface area (Å²) in [6, 6.07) is 9.98. The van der Waals surface area contributed by atoms with E-state index in [-0.39, 0.29) is 36.5 Å². The normalized spacial score (nSPS) is 12.4. The van der Waals surface area contributed by atoms with Gasteiger partial charge in [-0.1, -0.05) is 30.3 Å². The first-order valence-electron chi connectivity index (χ1n) is 8.33. The van der Waals surface area contributed by atoms with Crippen LogP contribution in [0, 0.1) is 0 Å². The summed E-state index contributed by atoms with van der Waals surface area (Å²) in [5.74, 6) is 1.56. The average molecular weight is 458 g/mol. The van der Waals surface area contributed by atoms with Crippen LogP contribution in [0.5, 0.6) is 0 Å². The van der Waals surface area contributed by atoms with E-state index in [1.165, 1.54) is 0 Å². The monoisotopic (exact) mass is 458 g/mol. The molecule has 1 aromatic carbocycles. The second kappa shape index (κ2) is 11.8. The maximum atomic E-state index is 9.65. The number of hydrogen-bond donors (Lipinski definition) is 3. The molecule has 0 radical (unpaired) electrons. The Balaban J connectivity index is 0.00000312. The van der Waals surface area contributed by atoms with Gasteiger partial charge in [-0.3, -0.25) is 0 Å². The molecule has 7 nitrogen and oxygen atoms in total. The lowest BCUT2D eigenvalue weighted by molar-refractivity contribution is 0.265. The first-order chi connectivity index (χ1) is 11.8. The molecule has 0 saturated heterocycles. The molecule has 0 spiro atoms. The molecule has 0 aliphatic carbocycles. The fourth-order valence-corrected chi connectivity index (χ4v) is 2.39. The molecular weight excluding hydrogens is 431 g/mol. The predicted molar refractivity (Wildman–Crippen MR) is 110 cm³/mol. The van der Waals surface area contributed by atoms with Crippen molar-refractivity contribution in [2.24, 2.45) is 4.99 Å². The lowest BCUT2D eigenvalue weighted by Crippen LogP contribution is -2.40. The molecule has 0 fully saturated rings. The molecule has 0 aliphatic heterocycles. The zero-order valence-corrected chi connectivity index (χ0v) is 17.1. The number of nitrogens with one attached hydrogen (secondary N) is 2. The van der Waals surface area contributed by atoms with Crippen molar-refractivity contribution in [1.82, 2.24) is 25.4 Å². The van der Waals surface area contributed by atoms with Gasteiger partial charge in [0.1, 0.15) is 12.9 Å². The van der Waals surface area contributed by atoms with Crippen LogP contribution in [0.15, 0.2) is 41.7 Å². The van der Waals surface area contributed by atoms with E-state index in [1.807, 2.05) is 48.7 Å². The smallest absolute Gasteiger partial charge is 0.191 e. The Morgan fingerprint density at radius 3 is 2.64 bits per heavy atom. The predicted octanol–water partition coefficient (Wildman–Crippen LogP) is 1.75. The van der Waals surface area contributed by atoms with Crippen LogP contribution in [0.4, 0.5) is 0 Å². The molecule has 3 N–H and O–H groups in total. The summed E-state index contributed by atoms with van der Waals surface area (Å²) >= 11 is 0. The van der Waals surface area contributed by atoms with E-state index in [0.717, 1.165) is 24.5 Å². The molecule has 0 aliphatic rings. The molecule has 1 aromatic heterocycles. The maximum Gasteiger partial charge on any atom is 0.191 e. The first-order valence-corrected chi connectivity index (χ1v) is 8.33. The number of rotatable bonds is 8. The zero-order valence-electron chi connectivity index (χ0n) is 14.7. The topological polar surface area (TPSA) is 87.4 Å². The number of aliphatic imine (C=N–C) groups is 1. The molecule has 0 saturated carbocycles. The first kappa shape index (κ1) is 21.4. The molecule has 1 heterocycles. The summed E-state index contributed by atoms with van der Waals surface area (Å²) in [7, 11) is 0. The summed E-state index contributed by atoms with van der Waals surface area (Å²) < 4.78 is 1.97. The lowest BCUT2D eigenvalue weighted by Gasteiger charge is -2.18. The van der Waals surface area contributed by atoms with Crippen LogP contribution >= 0.6 is 24.0 Å². The molecule has 2 aromatic rings. The minimum absolute atomic E-state index is 0. The van der Waals surface area contributed by atoms with E-state index in [0.29, 0.717) is 19.0 Å². The summed E-state index contributed by atoms with van der Waals surface area (Å²) in [6.45, 7) is 6.80. The van der Waals surface area contributed by atoms with E-state index in [2.05, 4.69) is 25.8 Å². The molecule has 25 heavy (non-hydrogen) atoms. The minimum atomic E-state index is 0. The average Bonchev–Trinajstić information content (AvgIpc) is 3.08. The number of guanidine groups is 1. The Kier molecular flexibility index (Phi) is 10.1. The lowest BCUT2D eigenvalue weighted by atomic mass is 10.0. The third-order valence-corrected chi connectivity index (χ3v) is 3.77. The highest BCUT2D eigenvalue weighted by Gasteiger charge is 2.11. The minimum Gasteiger partial charge on any atom is -0.396 e. The third-order valence-electron chi connectivity index (χ3n) is 3.77. The number of nitrogens with zero attached hydrogens (tertiary/aromatic N) is 4. The molecule has 1 unspecified atom stereocenters. The SMILES string of the molecule is CCNC(=NCc1nncn1CC)NCC(CO)c1ccccc1.I. The number of benzene rings is 1. The van der Waals surface area contributed by atoms with Crippen molar-refractivity contribution in [3.8, 4) is 0 Å². The summed E-state index contributed by atoms with van der Waals surface area (Å²) in [5.41, 5.74) is 1.11. The van der Waals surface area contributed by atoms with Gasteiger partial charge in [-0.2, -0.15) is 0 Å². The van der Waals surface area contributed by atoms with Crippen molar-refractivity contribution in [2.75, 3.05) is 19.7 Å². The van der Waals surface area contributed by atoms with Gasteiger partial charge in [-0.05, 0) is 19.4 Å². The van der Waals surface area contributed by atoms with Crippen LogP contribution in [-0.2, 0) is 13.1 Å². The van der Waals surface area contributed by atoms with Gasteiger partial charge in [0.05, 0.1) is 6.61 Å².